The van der Waals surface area contributed by atoms with Crippen molar-refractivity contribution in [3.05, 3.63) is 72.1 Å². The highest BCUT2D eigenvalue weighted by Crippen LogP contribution is 2.30. The summed E-state index contributed by atoms with van der Waals surface area (Å²) >= 11 is 0. The van der Waals surface area contributed by atoms with E-state index in [1.54, 1.807) is 12.7 Å². The maximum Gasteiger partial charge on any atom is 0.155 e. The van der Waals surface area contributed by atoms with Crippen molar-refractivity contribution in [2.75, 3.05) is 0 Å². The van der Waals surface area contributed by atoms with Crippen LogP contribution in [0.4, 0.5) is 0 Å². The van der Waals surface area contributed by atoms with Crippen LogP contribution in [0.15, 0.2) is 49.1 Å². The minimum absolute atomic E-state index is 0.0965. The maximum absolute atomic E-state index is 5.00. The predicted molar refractivity (Wildman–Crippen MR) is 137 cm³/mol. The number of nitrogens with zero attached hydrogens (tertiary/aromatic N) is 8. The van der Waals surface area contributed by atoms with E-state index < -0.39 is 5.41 Å². The van der Waals surface area contributed by atoms with E-state index >= 15 is 0 Å². The van der Waals surface area contributed by atoms with Crippen LogP contribution in [0.2, 0.25) is 0 Å². The third kappa shape index (κ3) is 5.63. The number of pyridine rings is 2. The van der Waals surface area contributed by atoms with E-state index in [2.05, 4.69) is 75.6 Å². The Morgan fingerprint density at radius 2 is 1.00 bits per heavy atom. The smallest absolute Gasteiger partial charge is 0.155 e. The minimum atomic E-state index is -0.443. The lowest BCUT2D eigenvalue weighted by atomic mass is 9.84. The Balaban J connectivity index is 1.69. The summed E-state index contributed by atoms with van der Waals surface area (Å²) in [6, 6.07) is 12.1. The van der Waals surface area contributed by atoms with Crippen LogP contribution < -0.4 is 0 Å². The van der Waals surface area contributed by atoms with Crippen LogP contribution >= 0.6 is 0 Å². The molecule has 0 saturated heterocycles. The van der Waals surface area contributed by atoms with E-state index in [9.17, 15) is 0 Å². The molecule has 0 aromatic carbocycles. The second-order valence-corrected chi connectivity index (χ2v) is 12.0. The average Bonchev–Trinajstić information content (AvgIpc) is 3.41. The molecule has 0 radical (unpaired) electrons. The second kappa shape index (κ2) is 8.98. The van der Waals surface area contributed by atoms with Crippen molar-refractivity contribution in [3.63, 3.8) is 0 Å². The maximum atomic E-state index is 5.00. The largest absolute Gasteiger partial charge is 0.233 e. The average molecular weight is 473 g/mol. The molecule has 4 aromatic heterocycles. The summed E-state index contributed by atoms with van der Waals surface area (Å²) < 4.78 is 3.67. The zero-order chi connectivity index (χ0) is 25.4. The molecule has 0 amide bonds. The van der Waals surface area contributed by atoms with Gasteiger partial charge in [0.15, 0.2) is 11.6 Å². The summed E-state index contributed by atoms with van der Waals surface area (Å²) in [5.74, 6) is 3.31. The zero-order valence-corrected chi connectivity index (χ0v) is 22.1. The summed E-state index contributed by atoms with van der Waals surface area (Å²) in [5, 5.41) is 8.92. The fourth-order valence-corrected chi connectivity index (χ4v) is 4.01. The molecule has 0 atom stereocenters. The molecule has 0 spiro atoms. The molecule has 0 unspecified atom stereocenters. The third-order valence-electron chi connectivity index (χ3n) is 5.80. The van der Waals surface area contributed by atoms with Crippen LogP contribution in [0.3, 0.4) is 0 Å². The fourth-order valence-electron chi connectivity index (χ4n) is 4.01. The van der Waals surface area contributed by atoms with Gasteiger partial charge in [0, 0.05) is 18.3 Å². The summed E-state index contributed by atoms with van der Waals surface area (Å²) in [4.78, 5) is 19.0. The summed E-state index contributed by atoms with van der Waals surface area (Å²) in [5.41, 5.74) is 1.57. The Kier molecular flexibility index (Phi) is 6.34. The topological polar surface area (TPSA) is 87.2 Å². The summed E-state index contributed by atoms with van der Waals surface area (Å²) in [6.45, 7) is 17.4. The van der Waals surface area contributed by atoms with Gasteiger partial charge in [0.1, 0.15) is 24.3 Å². The number of aromatic nitrogens is 8. The third-order valence-corrected chi connectivity index (χ3v) is 5.80. The van der Waals surface area contributed by atoms with E-state index in [1.807, 2.05) is 45.8 Å². The highest BCUT2D eigenvalue weighted by Gasteiger charge is 2.28. The Labute approximate surface area is 207 Å². The number of rotatable bonds is 6. The van der Waals surface area contributed by atoms with E-state index in [4.69, 9.17) is 9.97 Å². The quantitative estimate of drug-likeness (QED) is 0.386. The lowest BCUT2D eigenvalue weighted by Gasteiger charge is -2.25. The molecule has 4 aromatic rings. The monoisotopic (exact) mass is 472 g/mol. The molecule has 8 nitrogen and oxygen atoms in total. The molecule has 0 aliphatic heterocycles. The van der Waals surface area contributed by atoms with Gasteiger partial charge in [0.2, 0.25) is 0 Å². The molecular weight excluding hydrogens is 436 g/mol. The minimum Gasteiger partial charge on any atom is -0.233 e. The molecule has 35 heavy (non-hydrogen) atoms. The van der Waals surface area contributed by atoms with E-state index in [0.717, 1.165) is 47.5 Å². The molecule has 0 fully saturated rings. The van der Waals surface area contributed by atoms with Crippen molar-refractivity contribution < 1.29 is 0 Å². The molecule has 0 N–H and O–H groups in total. The second-order valence-electron chi connectivity index (χ2n) is 12.0. The van der Waals surface area contributed by atoms with Crippen LogP contribution in [-0.2, 0) is 18.3 Å². The van der Waals surface area contributed by atoms with E-state index in [1.165, 1.54) is 0 Å². The van der Waals surface area contributed by atoms with Gasteiger partial charge in [-0.05, 0) is 48.9 Å². The van der Waals surface area contributed by atoms with Crippen molar-refractivity contribution in [2.24, 2.45) is 10.8 Å². The lowest BCUT2D eigenvalue weighted by Crippen LogP contribution is -2.24. The van der Waals surface area contributed by atoms with Crippen molar-refractivity contribution in [1.29, 1.82) is 0 Å². The highest BCUT2D eigenvalue weighted by molar-refractivity contribution is 5.36. The van der Waals surface area contributed by atoms with Gasteiger partial charge >= 0.3 is 0 Å². The molecule has 184 valence electrons. The molecule has 8 heteroatoms. The first kappa shape index (κ1) is 24.7. The first-order valence-electron chi connectivity index (χ1n) is 12.1. The number of hydrogen-bond acceptors (Lipinski definition) is 6. The standard InChI is InChI=1S/C27H36N8/c1-25(2,3)15-23-28-17-30-34(23)21-13-9-11-19(32-21)27(7,8)20-12-10-14-22(33-20)35-24(29-18-31-35)16-26(4,5)6/h9-14,17-18H,15-16H2,1-8H3. The van der Waals surface area contributed by atoms with Gasteiger partial charge in [-0.25, -0.2) is 19.9 Å². The van der Waals surface area contributed by atoms with Gasteiger partial charge in [-0.15, -0.1) is 0 Å². The van der Waals surface area contributed by atoms with Gasteiger partial charge < -0.3 is 0 Å². The van der Waals surface area contributed by atoms with Gasteiger partial charge in [0.05, 0.1) is 11.4 Å². The van der Waals surface area contributed by atoms with Crippen molar-refractivity contribution in [3.8, 4) is 11.6 Å². The molecule has 0 saturated carbocycles. The Bertz CT molecular complexity index is 1200. The van der Waals surface area contributed by atoms with Gasteiger partial charge in [-0.2, -0.15) is 19.6 Å². The number of hydrogen-bond donors (Lipinski definition) is 0. The highest BCUT2D eigenvalue weighted by atomic mass is 15.4. The molecule has 0 aliphatic carbocycles. The molecule has 0 bridgehead atoms. The first-order valence-corrected chi connectivity index (χ1v) is 12.1. The summed E-state index contributed by atoms with van der Waals surface area (Å²) in [7, 11) is 0. The van der Waals surface area contributed by atoms with Gasteiger partial charge in [0.25, 0.3) is 0 Å². The van der Waals surface area contributed by atoms with Crippen LogP contribution in [0, 0.1) is 10.8 Å². The fraction of sp³-hybridized carbons (Fsp3) is 0.481. The van der Waals surface area contributed by atoms with Crippen LogP contribution in [0.5, 0.6) is 0 Å². The first-order chi connectivity index (χ1) is 16.3. The Morgan fingerprint density at radius 3 is 1.37 bits per heavy atom. The van der Waals surface area contributed by atoms with Crippen molar-refractivity contribution in [1.82, 2.24) is 39.5 Å². The molecular formula is C27H36N8. The summed E-state index contributed by atoms with van der Waals surface area (Å²) in [6.07, 6.45) is 4.80. The lowest BCUT2D eigenvalue weighted by molar-refractivity contribution is 0.396. The molecule has 4 heterocycles. The normalized spacial score (nSPS) is 12.8. The van der Waals surface area contributed by atoms with Gasteiger partial charge in [-0.3, -0.25) is 0 Å². The van der Waals surface area contributed by atoms with Crippen LogP contribution in [0.1, 0.15) is 78.4 Å². The van der Waals surface area contributed by atoms with Gasteiger partial charge in [-0.1, -0.05) is 53.7 Å². The zero-order valence-electron chi connectivity index (χ0n) is 22.1. The van der Waals surface area contributed by atoms with Crippen LogP contribution in [0.25, 0.3) is 11.6 Å². The predicted octanol–water partition coefficient (Wildman–Crippen LogP) is 5.14. The van der Waals surface area contributed by atoms with Crippen LogP contribution in [-0.4, -0.2) is 39.5 Å². The SMILES string of the molecule is CC(C)(C)Cc1ncnn1-c1cccc(C(C)(C)c2cccc(-n3ncnc3CC(C)(C)C)n2)n1. The van der Waals surface area contributed by atoms with Crippen molar-refractivity contribution >= 4 is 0 Å². The Morgan fingerprint density at radius 1 is 0.600 bits per heavy atom. The molecule has 0 aliphatic rings. The Hall–Kier alpha value is -3.42. The van der Waals surface area contributed by atoms with E-state index in [0.29, 0.717) is 0 Å². The van der Waals surface area contributed by atoms with Crippen molar-refractivity contribution in [2.45, 2.75) is 73.6 Å². The molecule has 4 rings (SSSR count). The van der Waals surface area contributed by atoms with E-state index in [-0.39, 0.29) is 10.8 Å².